The van der Waals surface area contributed by atoms with Crippen LogP contribution in [0.1, 0.15) is 5.56 Å². The number of aromatic nitrogens is 1. The fraction of sp³-hybridized carbons (Fsp3) is 0.0526. The molecule has 0 aliphatic rings. The summed E-state index contributed by atoms with van der Waals surface area (Å²) in [7, 11) is 0. The summed E-state index contributed by atoms with van der Waals surface area (Å²) in [5.41, 5.74) is 1.44. The molecule has 0 unspecified atom stereocenters. The molecule has 1 heterocycles. The molecule has 0 bridgehead atoms. The summed E-state index contributed by atoms with van der Waals surface area (Å²) in [5, 5.41) is 6.73. The van der Waals surface area contributed by atoms with Gasteiger partial charge in [-0.05, 0) is 48.0 Å². The van der Waals surface area contributed by atoms with E-state index in [2.05, 4.69) is 15.6 Å². The fourth-order valence-electron chi connectivity index (χ4n) is 2.19. The monoisotopic (exact) mass is 421 g/mol. The maximum atomic E-state index is 12.2. The Kier molecular flexibility index (Phi) is 6.40. The third-order valence-electron chi connectivity index (χ3n) is 3.49. The van der Waals surface area contributed by atoms with Crippen LogP contribution in [-0.4, -0.2) is 11.0 Å². The molecule has 0 fully saturated rings. The first-order chi connectivity index (χ1) is 13.0. The summed E-state index contributed by atoms with van der Waals surface area (Å²) in [6.07, 6.45) is 1.56. The fourth-order valence-corrected chi connectivity index (χ4v) is 2.61. The highest BCUT2D eigenvalue weighted by Crippen LogP contribution is 2.26. The molecule has 1 aromatic heterocycles. The predicted octanol–water partition coefficient (Wildman–Crippen LogP) is 6.26. The van der Waals surface area contributed by atoms with Crippen molar-refractivity contribution < 1.29 is 9.53 Å². The Morgan fingerprint density at radius 2 is 1.74 bits per heavy atom. The molecule has 0 saturated carbocycles. The number of pyridine rings is 1. The van der Waals surface area contributed by atoms with E-state index in [4.69, 9.17) is 39.5 Å². The molecule has 2 aromatic carbocycles. The van der Waals surface area contributed by atoms with Crippen molar-refractivity contribution in [1.82, 2.24) is 4.98 Å². The Labute approximate surface area is 171 Å². The number of ether oxygens (including phenoxy) is 1. The van der Waals surface area contributed by atoms with Crippen molar-refractivity contribution >= 4 is 52.3 Å². The molecule has 0 aliphatic heterocycles. The zero-order chi connectivity index (χ0) is 19.2. The molecule has 0 spiro atoms. The van der Waals surface area contributed by atoms with E-state index in [0.29, 0.717) is 38.9 Å². The van der Waals surface area contributed by atoms with Crippen LogP contribution in [0.3, 0.4) is 0 Å². The molecule has 2 N–H and O–H groups in total. The Morgan fingerprint density at radius 1 is 0.963 bits per heavy atom. The topological polar surface area (TPSA) is 63.2 Å². The molecule has 0 aliphatic carbocycles. The number of hydrogen-bond acceptors (Lipinski definition) is 3. The van der Waals surface area contributed by atoms with E-state index in [1.54, 1.807) is 48.7 Å². The summed E-state index contributed by atoms with van der Waals surface area (Å²) in [4.78, 5) is 16.4. The molecule has 5 nitrogen and oxygen atoms in total. The van der Waals surface area contributed by atoms with Crippen molar-refractivity contribution in [2.75, 3.05) is 10.6 Å². The van der Waals surface area contributed by atoms with Crippen molar-refractivity contribution in [2.24, 2.45) is 0 Å². The molecule has 3 aromatic rings. The van der Waals surface area contributed by atoms with E-state index < -0.39 is 6.03 Å². The summed E-state index contributed by atoms with van der Waals surface area (Å²) in [6, 6.07) is 15.1. The van der Waals surface area contributed by atoms with Gasteiger partial charge in [0.25, 0.3) is 0 Å². The summed E-state index contributed by atoms with van der Waals surface area (Å²) in [5.74, 6) is 0.737. The number of carbonyl (C=O) groups excluding carboxylic acids is 1. The van der Waals surface area contributed by atoms with Crippen LogP contribution < -0.4 is 15.4 Å². The van der Waals surface area contributed by atoms with E-state index in [1.165, 1.54) is 0 Å². The van der Waals surface area contributed by atoms with E-state index in [0.717, 1.165) is 5.56 Å². The van der Waals surface area contributed by atoms with Gasteiger partial charge in [-0.3, -0.25) is 5.32 Å². The van der Waals surface area contributed by atoms with Gasteiger partial charge in [-0.25, -0.2) is 9.78 Å². The highest BCUT2D eigenvalue weighted by Gasteiger charge is 2.10. The number of hydrogen-bond donors (Lipinski definition) is 2. The largest absolute Gasteiger partial charge is 0.485 e. The minimum Gasteiger partial charge on any atom is -0.485 e. The molecular formula is C19H14Cl3N3O2. The van der Waals surface area contributed by atoms with Crippen molar-refractivity contribution in [1.29, 1.82) is 0 Å². The normalized spacial score (nSPS) is 10.3. The molecule has 27 heavy (non-hydrogen) atoms. The van der Waals surface area contributed by atoms with Crippen LogP contribution in [0.5, 0.6) is 5.75 Å². The lowest BCUT2D eigenvalue weighted by Gasteiger charge is -2.12. The van der Waals surface area contributed by atoms with Gasteiger partial charge in [-0.2, -0.15) is 0 Å². The average Bonchev–Trinajstić information content (AvgIpc) is 2.65. The van der Waals surface area contributed by atoms with Gasteiger partial charge in [0.15, 0.2) is 11.6 Å². The summed E-state index contributed by atoms with van der Waals surface area (Å²) < 4.78 is 5.76. The first-order valence-electron chi connectivity index (χ1n) is 7.86. The lowest BCUT2D eigenvalue weighted by Crippen LogP contribution is -2.20. The third kappa shape index (κ3) is 5.50. The number of anilines is 2. The van der Waals surface area contributed by atoms with E-state index >= 15 is 0 Å². The Bertz CT molecular complexity index is 949. The van der Waals surface area contributed by atoms with Gasteiger partial charge in [0.1, 0.15) is 6.61 Å². The van der Waals surface area contributed by atoms with Crippen LogP contribution in [0.15, 0.2) is 60.8 Å². The van der Waals surface area contributed by atoms with Crippen molar-refractivity contribution in [2.45, 2.75) is 6.61 Å². The van der Waals surface area contributed by atoms with Crippen molar-refractivity contribution in [3.63, 3.8) is 0 Å². The number of carbonyl (C=O) groups is 1. The quantitative estimate of drug-likeness (QED) is 0.509. The highest BCUT2D eigenvalue weighted by atomic mass is 35.5. The maximum Gasteiger partial charge on any atom is 0.324 e. The van der Waals surface area contributed by atoms with Crippen LogP contribution in [0.2, 0.25) is 15.1 Å². The second-order valence-electron chi connectivity index (χ2n) is 5.47. The second kappa shape index (κ2) is 8.95. The lowest BCUT2D eigenvalue weighted by atomic mass is 10.2. The van der Waals surface area contributed by atoms with Gasteiger partial charge >= 0.3 is 6.03 Å². The zero-order valence-electron chi connectivity index (χ0n) is 13.9. The van der Waals surface area contributed by atoms with Crippen LogP contribution in [0.4, 0.5) is 16.3 Å². The van der Waals surface area contributed by atoms with Gasteiger partial charge in [-0.1, -0.05) is 46.9 Å². The summed E-state index contributed by atoms with van der Waals surface area (Å²) in [6.45, 7) is 0.311. The number of halogens is 3. The standard InChI is InChI=1S/C19H14Cl3N3O2/c20-13-5-3-12(4-6-13)11-27-17-2-1-9-23-18(17)25-19(26)24-14-7-8-15(21)16(22)10-14/h1-10H,11H2,(H2,23,24,25,26). The lowest BCUT2D eigenvalue weighted by molar-refractivity contribution is 0.261. The van der Waals surface area contributed by atoms with E-state index in [-0.39, 0.29) is 0 Å². The molecule has 8 heteroatoms. The average molecular weight is 423 g/mol. The van der Waals surface area contributed by atoms with Crippen LogP contribution >= 0.6 is 34.8 Å². The number of nitrogens with zero attached hydrogens (tertiary/aromatic N) is 1. The first kappa shape index (κ1) is 19.3. The smallest absolute Gasteiger partial charge is 0.324 e. The van der Waals surface area contributed by atoms with Gasteiger partial charge in [0, 0.05) is 16.9 Å². The Morgan fingerprint density at radius 3 is 2.48 bits per heavy atom. The van der Waals surface area contributed by atoms with E-state index in [1.807, 2.05) is 12.1 Å². The van der Waals surface area contributed by atoms with E-state index in [9.17, 15) is 4.79 Å². The Balaban J connectivity index is 1.65. The number of amides is 2. The minimum atomic E-state index is -0.483. The van der Waals surface area contributed by atoms with Crippen molar-refractivity contribution in [3.8, 4) is 5.75 Å². The summed E-state index contributed by atoms with van der Waals surface area (Å²) >= 11 is 17.7. The van der Waals surface area contributed by atoms with Gasteiger partial charge in [-0.15, -0.1) is 0 Å². The molecular weight excluding hydrogens is 409 g/mol. The predicted molar refractivity (Wildman–Crippen MR) is 109 cm³/mol. The van der Waals surface area contributed by atoms with Gasteiger partial charge < -0.3 is 10.1 Å². The molecule has 0 radical (unpaired) electrons. The number of rotatable bonds is 5. The maximum absolute atomic E-state index is 12.2. The van der Waals surface area contributed by atoms with Crippen molar-refractivity contribution in [3.05, 3.63) is 81.4 Å². The van der Waals surface area contributed by atoms with Gasteiger partial charge in [0.05, 0.1) is 10.0 Å². The first-order valence-corrected chi connectivity index (χ1v) is 9.00. The highest BCUT2D eigenvalue weighted by molar-refractivity contribution is 6.42. The molecule has 2 amide bonds. The second-order valence-corrected chi connectivity index (χ2v) is 6.72. The minimum absolute atomic E-state index is 0.295. The SMILES string of the molecule is O=C(Nc1ccc(Cl)c(Cl)c1)Nc1ncccc1OCc1ccc(Cl)cc1. The van der Waals surface area contributed by atoms with Gasteiger partial charge in [0.2, 0.25) is 0 Å². The van der Waals surface area contributed by atoms with Crippen LogP contribution in [0.25, 0.3) is 0 Å². The molecule has 0 saturated heterocycles. The zero-order valence-corrected chi connectivity index (χ0v) is 16.1. The number of urea groups is 1. The number of nitrogens with one attached hydrogen (secondary N) is 2. The third-order valence-corrected chi connectivity index (χ3v) is 4.48. The molecule has 138 valence electrons. The van der Waals surface area contributed by atoms with Crippen LogP contribution in [-0.2, 0) is 6.61 Å². The number of benzene rings is 2. The van der Waals surface area contributed by atoms with Crippen LogP contribution in [0, 0.1) is 0 Å². The Hall–Kier alpha value is -2.47. The molecule has 0 atom stereocenters. The molecule has 3 rings (SSSR count).